The number of phenols is 1. The minimum atomic E-state index is -1.06. The van der Waals surface area contributed by atoms with E-state index in [1.165, 1.54) is 0 Å². The molecule has 1 aromatic heterocycles. The third-order valence-corrected chi connectivity index (χ3v) is 9.35. The smallest absolute Gasteiger partial charge is 0.455 e. The fraction of sp³-hybridized carbons (Fsp3) is 0.469. The first-order valence-electron chi connectivity index (χ1n) is 14.9. The number of pyridine rings is 1. The molecule has 9 heteroatoms. The molecule has 0 bridgehead atoms. The standard InChI is InChI=1S/C32H37BN2O6/c36-19-22-17-25-30(32(39)35(31(25)38)23-8-2-1-3-9-23)26-18-33(40)41-28(29(22)26)13-12-21(27-11-4-5-14-34-27)15-20-7-6-10-24(37)16-20/h4-7,10-11,14-16,23,25-26,28,30,36-37,40H,1-3,8-9,12-13,17-19H2/b21-15-/t25-,26+,28-,30-/m1/s1. The molecule has 8 nitrogen and oxygen atoms in total. The van der Waals surface area contributed by atoms with Crippen molar-refractivity contribution in [2.45, 2.75) is 69.8 Å². The Morgan fingerprint density at radius 3 is 2.63 bits per heavy atom. The first-order valence-corrected chi connectivity index (χ1v) is 14.9. The zero-order chi connectivity index (χ0) is 28.5. The number of fused-ring (bicyclic) bond motifs is 3. The third-order valence-electron chi connectivity index (χ3n) is 9.35. The first kappa shape index (κ1) is 27.9. The topological polar surface area (TPSA) is 120 Å². The summed E-state index contributed by atoms with van der Waals surface area (Å²) in [5.74, 6) is -1.40. The summed E-state index contributed by atoms with van der Waals surface area (Å²) < 4.78 is 6.09. The highest BCUT2D eigenvalue weighted by Gasteiger charge is 2.58. The molecule has 2 saturated heterocycles. The SMILES string of the molecule is O=C1[C@@H]2[C@@H](CC(CO)=C3[C@@H](CC/C(=C/c4cccc(O)c4)c4ccccn4)OB(O)C[C@@H]32)C(=O)N1C1CCCCC1. The van der Waals surface area contributed by atoms with Crippen LogP contribution in [0.1, 0.15) is 62.6 Å². The Hall–Kier alpha value is -3.27. The molecule has 3 N–H and O–H groups in total. The van der Waals surface area contributed by atoms with E-state index in [2.05, 4.69) is 4.98 Å². The fourth-order valence-corrected chi connectivity index (χ4v) is 7.56. The summed E-state index contributed by atoms with van der Waals surface area (Å²) in [6.45, 7) is -0.206. The van der Waals surface area contributed by atoms with Crippen LogP contribution in [0.4, 0.5) is 0 Å². The molecule has 1 aromatic carbocycles. The molecule has 4 atom stereocenters. The van der Waals surface area contributed by atoms with E-state index in [1.807, 2.05) is 30.3 Å². The Morgan fingerprint density at radius 1 is 1.07 bits per heavy atom. The number of imide groups is 1. The van der Waals surface area contributed by atoms with Crippen LogP contribution in [0.3, 0.4) is 0 Å². The van der Waals surface area contributed by atoms with Crippen molar-refractivity contribution < 1.29 is 29.5 Å². The van der Waals surface area contributed by atoms with E-state index in [4.69, 9.17) is 4.65 Å². The number of aromatic nitrogens is 1. The van der Waals surface area contributed by atoms with Gasteiger partial charge in [0.2, 0.25) is 11.8 Å². The Balaban J connectivity index is 1.29. The maximum Gasteiger partial charge on any atom is 0.455 e. The van der Waals surface area contributed by atoms with E-state index in [0.717, 1.165) is 60.1 Å². The molecule has 0 unspecified atom stereocenters. The van der Waals surface area contributed by atoms with Gasteiger partial charge in [-0.3, -0.25) is 19.5 Å². The maximum absolute atomic E-state index is 13.9. The van der Waals surface area contributed by atoms with Crippen molar-refractivity contribution in [3.05, 3.63) is 71.1 Å². The van der Waals surface area contributed by atoms with Gasteiger partial charge in [-0.15, -0.1) is 0 Å². The van der Waals surface area contributed by atoms with Crippen molar-refractivity contribution in [3.8, 4) is 5.75 Å². The largest absolute Gasteiger partial charge is 0.508 e. The summed E-state index contributed by atoms with van der Waals surface area (Å²) in [7, 11) is -1.06. The van der Waals surface area contributed by atoms with Crippen molar-refractivity contribution in [2.75, 3.05) is 6.61 Å². The van der Waals surface area contributed by atoms with Crippen LogP contribution in [0, 0.1) is 17.8 Å². The van der Waals surface area contributed by atoms with Crippen LogP contribution >= 0.6 is 0 Å². The van der Waals surface area contributed by atoms with Gasteiger partial charge in [0, 0.05) is 12.2 Å². The van der Waals surface area contributed by atoms with Gasteiger partial charge in [0.05, 0.1) is 30.2 Å². The number of allylic oxidation sites excluding steroid dienone is 1. The van der Waals surface area contributed by atoms with E-state index >= 15 is 0 Å². The second-order valence-corrected chi connectivity index (χ2v) is 11.8. The number of hydrogen-bond acceptors (Lipinski definition) is 7. The highest BCUT2D eigenvalue weighted by Crippen LogP contribution is 2.51. The number of likely N-dealkylation sites (tertiary alicyclic amines) is 1. The van der Waals surface area contributed by atoms with Gasteiger partial charge < -0.3 is 19.9 Å². The van der Waals surface area contributed by atoms with Gasteiger partial charge >= 0.3 is 7.12 Å². The Kier molecular flexibility index (Phi) is 8.11. The summed E-state index contributed by atoms with van der Waals surface area (Å²) in [5, 5.41) is 31.3. The average Bonchev–Trinajstić information content (AvgIpc) is 3.24. The van der Waals surface area contributed by atoms with Crippen LogP contribution in [0.2, 0.25) is 6.32 Å². The molecule has 2 amide bonds. The number of hydrogen-bond donors (Lipinski definition) is 3. The number of benzene rings is 1. The Labute approximate surface area is 240 Å². The number of aliphatic hydroxyl groups is 1. The van der Waals surface area contributed by atoms with Gasteiger partial charge in [-0.2, -0.15) is 0 Å². The molecule has 0 radical (unpaired) electrons. The van der Waals surface area contributed by atoms with E-state index < -0.39 is 25.1 Å². The van der Waals surface area contributed by atoms with Gasteiger partial charge in [0.1, 0.15) is 5.75 Å². The molecule has 2 aliphatic carbocycles. The van der Waals surface area contributed by atoms with Crippen LogP contribution in [0.15, 0.2) is 59.8 Å². The predicted molar refractivity (Wildman–Crippen MR) is 155 cm³/mol. The highest BCUT2D eigenvalue weighted by molar-refractivity contribution is 6.43. The highest BCUT2D eigenvalue weighted by atomic mass is 16.5. The van der Waals surface area contributed by atoms with Crippen molar-refractivity contribution in [2.24, 2.45) is 17.8 Å². The molecule has 3 fully saturated rings. The quantitative estimate of drug-likeness (QED) is 0.265. The van der Waals surface area contributed by atoms with E-state index in [0.29, 0.717) is 19.3 Å². The lowest BCUT2D eigenvalue weighted by atomic mass is 9.58. The number of carbonyl (C=O) groups is 2. The molecule has 1 saturated carbocycles. The molecule has 2 aromatic rings. The second-order valence-electron chi connectivity index (χ2n) is 11.8. The lowest BCUT2D eigenvalue weighted by Crippen LogP contribution is -2.47. The van der Waals surface area contributed by atoms with Gasteiger partial charge in [-0.05, 0) is 97.0 Å². The van der Waals surface area contributed by atoms with Gasteiger partial charge in [0.25, 0.3) is 0 Å². The number of amides is 2. The Bertz CT molecular complexity index is 1350. The van der Waals surface area contributed by atoms with Crippen molar-refractivity contribution in [1.29, 1.82) is 0 Å². The first-order chi connectivity index (χ1) is 19.9. The number of nitrogens with zero attached hydrogens (tertiary/aromatic N) is 2. The zero-order valence-electron chi connectivity index (χ0n) is 23.2. The van der Waals surface area contributed by atoms with Crippen LogP contribution in [0.25, 0.3) is 11.6 Å². The molecule has 214 valence electrons. The molecule has 2 aliphatic heterocycles. The predicted octanol–water partition coefficient (Wildman–Crippen LogP) is 4.23. The second kappa shape index (κ2) is 11.9. The molecule has 0 spiro atoms. The average molecular weight is 556 g/mol. The van der Waals surface area contributed by atoms with Crippen LogP contribution in [-0.2, 0) is 14.2 Å². The number of carbonyl (C=O) groups excluding carboxylic acids is 2. The van der Waals surface area contributed by atoms with Crippen LogP contribution in [-0.4, -0.2) is 62.8 Å². The van der Waals surface area contributed by atoms with Crippen LogP contribution in [0.5, 0.6) is 5.75 Å². The van der Waals surface area contributed by atoms with Gasteiger partial charge in [0.15, 0.2) is 0 Å². The van der Waals surface area contributed by atoms with E-state index in [1.54, 1.807) is 29.3 Å². The van der Waals surface area contributed by atoms with Crippen molar-refractivity contribution in [3.63, 3.8) is 0 Å². The minimum absolute atomic E-state index is 0.0422. The summed E-state index contributed by atoms with van der Waals surface area (Å²) in [6, 6.07) is 12.7. The summed E-state index contributed by atoms with van der Waals surface area (Å²) in [6.07, 6.45) is 9.73. The van der Waals surface area contributed by atoms with Gasteiger partial charge in [-0.1, -0.05) is 37.5 Å². The maximum atomic E-state index is 13.9. The van der Waals surface area contributed by atoms with E-state index in [9.17, 15) is 24.8 Å². The zero-order valence-corrected chi connectivity index (χ0v) is 23.2. The summed E-state index contributed by atoms with van der Waals surface area (Å²) in [5.41, 5.74) is 4.21. The summed E-state index contributed by atoms with van der Waals surface area (Å²) in [4.78, 5) is 33.5. The van der Waals surface area contributed by atoms with Crippen molar-refractivity contribution >= 4 is 30.6 Å². The minimum Gasteiger partial charge on any atom is -0.508 e. The third kappa shape index (κ3) is 5.50. The van der Waals surface area contributed by atoms with Gasteiger partial charge in [-0.25, -0.2) is 0 Å². The lowest BCUT2D eigenvalue weighted by molar-refractivity contribution is -0.143. The van der Waals surface area contributed by atoms with Crippen molar-refractivity contribution in [1.82, 2.24) is 9.88 Å². The molecule has 41 heavy (non-hydrogen) atoms. The van der Waals surface area contributed by atoms with Crippen LogP contribution < -0.4 is 0 Å². The number of rotatable bonds is 7. The lowest BCUT2D eigenvalue weighted by Gasteiger charge is -2.43. The molecule has 4 aliphatic rings. The molecular weight excluding hydrogens is 519 g/mol. The number of phenolic OH excluding ortho intramolecular Hbond substituents is 1. The number of aromatic hydroxyl groups is 1. The molecule has 6 rings (SSSR count). The monoisotopic (exact) mass is 556 g/mol. The molecule has 3 heterocycles. The summed E-state index contributed by atoms with van der Waals surface area (Å²) >= 11 is 0. The number of aliphatic hydroxyl groups excluding tert-OH is 1. The normalized spacial score (nSPS) is 27.3. The van der Waals surface area contributed by atoms with E-state index in [-0.39, 0.29) is 42.5 Å². The molecular formula is C32H37BN2O6. The Morgan fingerprint density at radius 2 is 1.90 bits per heavy atom. The fourth-order valence-electron chi connectivity index (χ4n) is 7.56.